The summed E-state index contributed by atoms with van der Waals surface area (Å²) >= 11 is 3.63. The molecule has 0 aliphatic rings. The monoisotopic (exact) mass is 350 g/mol. The summed E-state index contributed by atoms with van der Waals surface area (Å²) in [6.07, 6.45) is 1.98. The average molecular weight is 351 g/mol. The van der Waals surface area contributed by atoms with Crippen molar-refractivity contribution >= 4 is 15.9 Å². The van der Waals surface area contributed by atoms with Gasteiger partial charge < -0.3 is 5.11 Å². The van der Waals surface area contributed by atoms with Crippen LogP contribution in [0.25, 0.3) is 0 Å². The molecule has 0 saturated heterocycles. The summed E-state index contributed by atoms with van der Waals surface area (Å²) in [4.78, 5) is 0. The summed E-state index contributed by atoms with van der Waals surface area (Å²) < 4.78 is 3.02. The summed E-state index contributed by atoms with van der Waals surface area (Å²) in [6, 6.07) is 8.21. The Morgan fingerprint density at radius 3 is 2.33 bits per heavy atom. The molecule has 0 saturated carbocycles. The van der Waals surface area contributed by atoms with E-state index in [1.807, 2.05) is 16.8 Å². The molecule has 1 aromatic heterocycles. The zero-order valence-electron chi connectivity index (χ0n) is 12.9. The lowest BCUT2D eigenvalue weighted by Gasteiger charge is -2.13. The number of aliphatic hydroxyl groups excluding tert-OH is 1. The normalized spacial score (nSPS) is 12.6. The SMILES string of the molecule is CCc1ccc(C(O)Cc2c(Br)c(CC)nn2CC)cc1. The Bertz CT molecular complexity index is 590. The number of aromatic nitrogens is 2. The fourth-order valence-electron chi connectivity index (χ4n) is 2.49. The maximum absolute atomic E-state index is 10.5. The molecule has 1 atom stereocenters. The fraction of sp³-hybridized carbons (Fsp3) is 0.471. The Labute approximate surface area is 135 Å². The molecule has 0 spiro atoms. The van der Waals surface area contributed by atoms with Crippen LogP contribution in [0.3, 0.4) is 0 Å². The summed E-state index contributed by atoms with van der Waals surface area (Å²) in [7, 11) is 0. The van der Waals surface area contributed by atoms with Crippen LogP contribution >= 0.6 is 15.9 Å². The molecule has 2 aromatic rings. The van der Waals surface area contributed by atoms with Crippen molar-refractivity contribution in [3.8, 4) is 0 Å². The van der Waals surface area contributed by atoms with Crippen molar-refractivity contribution in [2.75, 3.05) is 0 Å². The van der Waals surface area contributed by atoms with Gasteiger partial charge in [0.1, 0.15) is 0 Å². The Morgan fingerprint density at radius 1 is 1.14 bits per heavy atom. The van der Waals surface area contributed by atoms with Crippen LogP contribution in [-0.4, -0.2) is 14.9 Å². The van der Waals surface area contributed by atoms with Crippen molar-refractivity contribution in [2.24, 2.45) is 0 Å². The molecule has 0 bridgehead atoms. The first-order chi connectivity index (χ1) is 10.1. The van der Waals surface area contributed by atoms with Crippen molar-refractivity contribution in [1.82, 2.24) is 9.78 Å². The van der Waals surface area contributed by atoms with Gasteiger partial charge in [0.15, 0.2) is 0 Å². The maximum Gasteiger partial charge on any atom is 0.0845 e. The number of aliphatic hydroxyl groups is 1. The summed E-state index contributed by atoms with van der Waals surface area (Å²) in [5.74, 6) is 0. The Morgan fingerprint density at radius 2 is 1.81 bits per heavy atom. The Kier molecular flexibility index (Phi) is 5.59. The molecular weight excluding hydrogens is 328 g/mol. The van der Waals surface area contributed by atoms with Crippen molar-refractivity contribution in [1.29, 1.82) is 0 Å². The van der Waals surface area contributed by atoms with Crippen LogP contribution in [0.5, 0.6) is 0 Å². The van der Waals surface area contributed by atoms with Crippen LogP contribution in [-0.2, 0) is 25.8 Å². The molecule has 0 amide bonds. The zero-order valence-corrected chi connectivity index (χ0v) is 14.5. The highest BCUT2D eigenvalue weighted by molar-refractivity contribution is 9.10. The van der Waals surface area contributed by atoms with E-state index in [1.165, 1.54) is 5.56 Å². The number of hydrogen-bond acceptors (Lipinski definition) is 2. The lowest BCUT2D eigenvalue weighted by molar-refractivity contribution is 0.175. The van der Waals surface area contributed by atoms with Crippen LogP contribution in [0.15, 0.2) is 28.7 Å². The minimum absolute atomic E-state index is 0.501. The van der Waals surface area contributed by atoms with E-state index in [0.717, 1.165) is 40.8 Å². The van der Waals surface area contributed by atoms with E-state index in [1.54, 1.807) is 0 Å². The van der Waals surface area contributed by atoms with E-state index in [-0.39, 0.29) is 0 Å². The number of aryl methyl sites for hydroxylation is 3. The molecular formula is C17H23BrN2O. The highest BCUT2D eigenvalue weighted by Crippen LogP contribution is 2.27. The fourth-order valence-corrected chi connectivity index (χ4v) is 3.21. The summed E-state index contributed by atoms with van der Waals surface area (Å²) in [5, 5.41) is 15.1. The lowest BCUT2D eigenvalue weighted by Crippen LogP contribution is -2.09. The quantitative estimate of drug-likeness (QED) is 0.852. The largest absolute Gasteiger partial charge is 0.388 e. The van der Waals surface area contributed by atoms with Gasteiger partial charge in [-0.3, -0.25) is 4.68 Å². The van der Waals surface area contributed by atoms with Crippen molar-refractivity contribution in [3.05, 3.63) is 51.3 Å². The third-order valence-electron chi connectivity index (χ3n) is 3.85. The van der Waals surface area contributed by atoms with Gasteiger partial charge in [-0.15, -0.1) is 0 Å². The first-order valence-corrected chi connectivity index (χ1v) is 8.40. The second kappa shape index (κ2) is 7.23. The average Bonchev–Trinajstić information content (AvgIpc) is 2.83. The highest BCUT2D eigenvalue weighted by Gasteiger charge is 2.18. The third-order valence-corrected chi connectivity index (χ3v) is 4.77. The van der Waals surface area contributed by atoms with E-state index in [9.17, 15) is 5.11 Å². The number of benzene rings is 1. The molecule has 1 aromatic carbocycles. The Balaban J connectivity index is 2.22. The first kappa shape index (κ1) is 16.2. The van der Waals surface area contributed by atoms with E-state index in [0.29, 0.717) is 6.42 Å². The molecule has 3 nitrogen and oxygen atoms in total. The molecule has 0 aliphatic heterocycles. The second-order valence-electron chi connectivity index (χ2n) is 5.19. The molecule has 0 aliphatic carbocycles. The van der Waals surface area contributed by atoms with Crippen molar-refractivity contribution in [3.63, 3.8) is 0 Å². The van der Waals surface area contributed by atoms with Crippen molar-refractivity contribution < 1.29 is 5.11 Å². The maximum atomic E-state index is 10.5. The molecule has 1 N–H and O–H groups in total. The molecule has 114 valence electrons. The predicted molar refractivity (Wildman–Crippen MR) is 89.5 cm³/mol. The van der Waals surface area contributed by atoms with Gasteiger partial charge in [-0.2, -0.15) is 5.10 Å². The molecule has 0 fully saturated rings. The lowest BCUT2D eigenvalue weighted by atomic mass is 10.0. The number of halogens is 1. The summed E-state index contributed by atoms with van der Waals surface area (Å²) in [6.45, 7) is 7.12. The van der Waals surface area contributed by atoms with Crippen LogP contribution in [0, 0.1) is 0 Å². The van der Waals surface area contributed by atoms with Gasteiger partial charge in [-0.25, -0.2) is 0 Å². The Hall–Kier alpha value is -1.13. The highest BCUT2D eigenvalue weighted by atomic mass is 79.9. The molecule has 0 radical (unpaired) electrons. The minimum Gasteiger partial charge on any atom is -0.388 e. The molecule has 1 heterocycles. The van der Waals surface area contributed by atoms with Gasteiger partial charge in [0.25, 0.3) is 0 Å². The molecule has 21 heavy (non-hydrogen) atoms. The van der Waals surface area contributed by atoms with E-state index < -0.39 is 6.10 Å². The molecule has 1 unspecified atom stereocenters. The van der Waals surface area contributed by atoms with Gasteiger partial charge in [0.2, 0.25) is 0 Å². The van der Waals surface area contributed by atoms with Crippen LogP contribution < -0.4 is 0 Å². The molecule has 2 rings (SSSR count). The van der Waals surface area contributed by atoms with Crippen LogP contribution in [0.1, 0.15) is 49.4 Å². The number of hydrogen-bond donors (Lipinski definition) is 1. The van der Waals surface area contributed by atoms with Gasteiger partial charge in [-0.05, 0) is 46.8 Å². The standard InChI is InChI=1S/C17H23BrN2O/c1-4-12-7-9-13(10-8-12)16(21)11-15-17(18)14(5-2)19-20(15)6-3/h7-10,16,21H,4-6,11H2,1-3H3. The van der Waals surface area contributed by atoms with Gasteiger partial charge in [0.05, 0.1) is 22.0 Å². The van der Waals surface area contributed by atoms with E-state index in [4.69, 9.17) is 0 Å². The second-order valence-corrected chi connectivity index (χ2v) is 5.98. The van der Waals surface area contributed by atoms with Crippen molar-refractivity contribution in [2.45, 2.75) is 52.7 Å². The van der Waals surface area contributed by atoms with Gasteiger partial charge in [-0.1, -0.05) is 38.1 Å². The zero-order chi connectivity index (χ0) is 15.4. The van der Waals surface area contributed by atoms with E-state index in [2.05, 4.69) is 53.9 Å². The van der Waals surface area contributed by atoms with Crippen LogP contribution in [0.2, 0.25) is 0 Å². The topological polar surface area (TPSA) is 38.1 Å². The summed E-state index contributed by atoms with van der Waals surface area (Å²) in [5.41, 5.74) is 4.38. The first-order valence-electron chi connectivity index (χ1n) is 7.61. The number of nitrogens with zero attached hydrogens (tertiary/aromatic N) is 2. The predicted octanol–water partition coefficient (Wildman–Crippen LogP) is 4.07. The molecule has 4 heteroatoms. The number of rotatable bonds is 6. The minimum atomic E-state index is -0.501. The third kappa shape index (κ3) is 3.55. The van der Waals surface area contributed by atoms with Gasteiger partial charge in [0, 0.05) is 13.0 Å². The van der Waals surface area contributed by atoms with E-state index >= 15 is 0 Å². The van der Waals surface area contributed by atoms with Gasteiger partial charge >= 0.3 is 0 Å². The van der Waals surface area contributed by atoms with Crippen LogP contribution in [0.4, 0.5) is 0 Å². The smallest absolute Gasteiger partial charge is 0.0845 e.